The van der Waals surface area contributed by atoms with Gasteiger partial charge in [-0.15, -0.1) is 0 Å². The Balaban J connectivity index is 1.46. The molecule has 1 amide bonds. The van der Waals surface area contributed by atoms with Crippen molar-refractivity contribution in [1.82, 2.24) is 18.9 Å². The second kappa shape index (κ2) is 14.0. The maximum Gasteiger partial charge on any atom is 0.302 e. The smallest absolute Gasteiger partial charge is 0.302 e. The summed E-state index contributed by atoms with van der Waals surface area (Å²) in [6.45, 7) is 4.62. The number of carbonyl (C=O) groups excluding carboxylic acids is 3. The first-order valence-corrected chi connectivity index (χ1v) is 15.6. The predicted molar refractivity (Wildman–Crippen MR) is 169 cm³/mol. The maximum absolute atomic E-state index is 13.7. The molecule has 0 radical (unpaired) electrons. The van der Waals surface area contributed by atoms with Crippen LogP contribution in [0.3, 0.4) is 0 Å². The summed E-state index contributed by atoms with van der Waals surface area (Å²) in [6, 6.07) is 14.2. The maximum atomic E-state index is 13.7. The van der Waals surface area contributed by atoms with E-state index in [-0.39, 0.29) is 54.9 Å². The number of halogens is 2. The van der Waals surface area contributed by atoms with Crippen LogP contribution in [0.1, 0.15) is 35.5 Å². The highest BCUT2D eigenvalue weighted by Crippen LogP contribution is 2.28. The Bertz CT molecular complexity index is 1730. The highest BCUT2D eigenvalue weighted by molar-refractivity contribution is 8.15. The molecule has 1 saturated heterocycles. The van der Waals surface area contributed by atoms with E-state index in [0.717, 1.165) is 17.3 Å². The number of benzene rings is 2. The molecule has 1 unspecified atom stereocenters. The van der Waals surface area contributed by atoms with E-state index in [1.807, 2.05) is 44.2 Å². The summed E-state index contributed by atoms with van der Waals surface area (Å²) in [6.07, 6.45) is 3.69. The minimum atomic E-state index is -0.805. The first kappa shape index (κ1) is 31.8. The number of fused-ring (bicyclic) bond motifs is 1. The van der Waals surface area contributed by atoms with Crippen LogP contribution in [0.15, 0.2) is 65.7 Å². The molecular weight excluding hydrogens is 627 g/mol. The van der Waals surface area contributed by atoms with Gasteiger partial charge in [-0.3, -0.25) is 14.4 Å². The Morgan fingerprint density at radius 3 is 2.48 bits per heavy atom. The Morgan fingerprint density at radius 2 is 1.80 bits per heavy atom. The third-order valence-electron chi connectivity index (χ3n) is 7.04. The first-order valence-electron chi connectivity index (χ1n) is 13.9. The number of aldehydes is 1. The van der Waals surface area contributed by atoms with Crippen LogP contribution in [0, 0.1) is 0 Å². The predicted octanol–water partition coefficient (Wildman–Crippen LogP) is 4.70. The van der Waals surface area contributed by atoms with Crippen LogP contribution in [0.4, 0.5) is 0 Å². The lowest BCUT2D eigenvalue weighted by Crippen LogP contribution is -2.49. The number of morpholine rings is 1. The Labute approximate surface area is 267 Å². The number of aromatic nitrogens is 3. The standard InChI is InChI=1S/C31H30Cl2N4O6S/c1-19-14-36(15-20(2)43-19)26(39)16-35-10-11-37-29(40)28(42-18-21-6-4-3-5-7-21)27(34-31(35)37)30(41)44-23(17-38)12-22-8-9-24(32)25(33)13-22/h3-11,13,17,19-20,23H,12,14-16,18H2,1-2H3/t19-,20-,23?/m0/s1. The number of ether oxygens (including phenoxy) is 2. The number of hydrogen-bond donors (Lipinski definition) is 0. The first-order chi connectivity index (χ1) is 21.1. The van der Waals surface area contributed by atoms with E-state index in [1.165, 1.54) is 15.2 Å². The zero-order valence-electron chi connectivity index (χ0n) is 24.0. The quantitative estimate of drug-likeness (QED) is 0.226. The summed E-state index contributed by atoms with van der Waals surface area (Å²) >= 11 is 12.9. The normalized spacial score (nSPS) is 17.4. The van der Waals surface area contributed by atoms with Gasteiger partial charge in [0.15, 0.2) is 5.69 Å². The highest BCUT2D eigenvalue weighted by atomic mass is 35.5. The van der Waals surface area contributed by atoms with Crippen LogP contribution in [-0.2, 0) is 33.9 Å². The SMILES string of the molecule is C[C@H]1CN(C(=O)Cn2ccn3c(=O)c(OCc4ccccc4)c(C(=O)SC(C=O)Cc4ccc(Cl)c(Cl)c4)nc23)C[C@H](C)O1. The minimum absolute atomic E-state index is 0.0156. The van der Waals surface area contributed by atoms with Crippen molar-refractivity contribution in [2.24, 2.45) is 0 Å². The van der Waals surface area contributed by atoms with Crippen molar-refractivity contribution in [3.05, 3.63) is 98.1 Å². The van der Waals surface area contributed by atoms with Gasteiger partial charge in [-0.05, 0) is 43.5 Å². The van der Waals surface area contributed by atoms with Crippen molar-refractivity contribution in [2.75, 3.05) is 13.1 Å². The molecule has 4 aromatic rings. The van der Waals surface area contributed by atoms with E-state index >= 15 is 0 Å². The molecule has 2 aromatic heterocycles. The van der Waals surface area contributed by atoms with Crippen molar-refractivity contribution < 1.29 is 23.9 Å². The molecule has 3 heterocycles. The molecule has 1 aliphatic rings. The van der Waals surface area contributed by atoms with Crippen LogP contribution < -0.4 is 10.3 Å². The van der Waals surface area contributed by atoms with Crippen LogP contribution >= 0.6 is 35.0 Å². The van der Waals surface area contributed by atoms with E-state index in [1.54, 1.807) is 29.3 Å². The average Bonchev–Trinajstić information content (AvgIpc) is 3.40. The van der Waals surface area contributed by atoms with Gasteiger partial charge in [0.1, 0.15) is 19.4 Å². The summed E-state index contributed by atoms with van der Waals surface area (Å²) < 4.78 is 14.4. The molecule has 0 bridgehead atoms. The molecule has 13 heteroatoms. The van der Waals surface area contributed by atoms with Gasteiger partial charge in [0.2, 0.25) is 22.5 Å². The van der Waals surface area contributed by atoms with Crippen molar-refractivity contribution in [3.63, 3.8) is 0 Å². The van der Waals surface area contributed by atoms with Gasteiger partial charge in [0.05, 0.1) is 27.5 Å². The van der Waals surface area contributed by atoms with E-state index in [9.17, 15) is 19.2 Å². The lowest BCUT2D eigenvalue weighted by Gasteiger charge is -2.35. The molecule has 0 saturated carbocycles. The fourth-order valence-electron chi connectivity index (χ4n) is 5.02. The van der Waals surface area contributed by atoms with Gasteiger partial charge >= 0.3 is 5.56 Å². The summed E-state index contributed by atoms with van der Waals surface area (Å²) in [5, 5.41) is -0.724. The molecule has 0 aliphatic carbocycles. The average molecular weight is 658 g/mol. The summed E-state index contributed by atoms with van der Waals surface area (Å²) in [5.41, 5.74) is 0.644. The minimum Gasteiger partial charge on any atom is -0.481 e. The number of imidazole rings is 1. The van der Waals surface area contributed by atoms with Crippen LogP contribution in [0.25, 0.3) is 5.78 Å². The number of amides is 1. The second-order valence-corrected chi connectivity index (χ2v) is 12.6. The molecule has 0 spiro atoms. The highest BCUT2D eigenvalue weighted by Gasteiger charge is 2.28. The zero-order chi connectivity index (χ0) is 31.4. The van der Waals surface area contributed by atoms with E-state index in [2.05, 4.69) is 4.98 Å². The summed E-state index contributed by atoms with van der Waals surface area (Å²) in [4.78, 5) is 58.9. The van der Waals surface area contributed by atoms with E-state index < -0.39 is 15.9 Å². The van der Waals surface area contributed by atoms with Crippen LogP contribution in [0.5, 0.6) is 5.75 Å². The second-order valence-electron chi connectivity index (χ2n) is 10.6. The Hall–Kier alpha value is -3.64. The van der Waals surface area contributed by atoms with Crippen molar-refractivity contribution >= 4 is 58.1 Å². The molecule has 44 heavy (non-hydrogen) atoms. The number of rotatable bonds is 10. The molecule has 0 N–H and O–H groups in total. The Kier molecular flexibility index (Phi) is 10.1. The molecule has 3 atom stereocenters. The lowest BCUT2D eigenvalue weighted by molar-refractivity contribution is -0.143. The number of carbonyl (C=O) groups is 3. The molecule has 1 aliphatic heterocycles. The molecule has 5 rings (SSSR count). The largest absolute Gasteiger partial charge is 0.481 e. The Morgan fingerprint density at radius 1 is 1.07 bits per heavy atom. The number of hydrogen-bond acceptors (Lipinski definition) is 8. The van der Waals surface area contributed by atoms with Gasteiger partial charge in [-0.25, -0.2) is 9.38 Å². The molecular formula is C31H30Cl2N4O6S. The lowest BCUT2D eigenvalue weighted by atomic mass is 10.1. The van der Waals surface area contributed by atoms with Crippen molar-refractivity contribution in [3.8, 4) is 5.75 Å². The number of thioether (sulfide) groups is 1. The fourth-order valence-corrected chi connectivity index (χ4v) is 6.19. The van der Waals surface area contributed by atoms with Crippen LogP contribution in [0.2, 0.25) is 10.0 Å². The molecule has 230 valence electrons. The third-order valence-corrected chi connectivity index (χ3v) is 8.76. The summed E-state index contributed by atoms with van der Waals surface area (Å²) in [5.74, 6) is -0.322. The monoisotopic (exact) mass is 656 g/mol. The topological polar surface area (TPSA) is 112 Å². The van der Waals surface area contributed by atoms with Gasteiger partial charge in [0, 0.05) is 25.5 Å². The van der Waals surface area contributed by atoms with Gasteiger partial charge in [0.25, 0.3) is 0 Å². The van der Waals surface area contributed by atoms with Gasteiger partial charge in [-0.1, -0.05) is 71.4 Å². The van der Waals surface area contributed by atoms with Crippen LogP contribution in [-0.4, -0.2) is 66.7 Å². The third kappa shape index (κ3) is 7.35. The van der Waals surface area contributed by atoms with Crippen molar-refractivity contribution in [1.29, 1.82) is 0 Å². The molecule has 1 fully saturated rings. The molecule has 2 aromatic carbocycles. The molecule has 10 nitrogen and oxygen atoms in total. The summed E-state index contributed by atoms with van der Waals surface area (Å²) in [7, 11) is 0. The van der Waals surface area contributed by atoms with Gasteiger partial charge < -0.3 is 23.7 Å². The van der Waals surface area contributed by atoms with E-state index in [4.69, 9.17) is 32.7 Å². The van der Waals surface area contributed by atoms with Crippen molar-refractivity contribution in [2.45, 2.75) is 50.9 Å². The van der Waals surface area contributed by atoms with Gasteiger partial charge in [-0.2, -0.15) is 0 Å². The fraction of sp³-hybridized carbons (Fsp3) is 0.323. The van der Waals surface area contributed by atoms with E-state index in [0.29, 0.717) is 35.0 Å². The number of nitrogens with zero attached hydrogens (tertiary/aromatic N) is 4. The zero-order valence-corrected chi connectivity index (χ0v) is 26.3.